The summed E-state index contributed by atoms with van der Waals surface area (Å²) in [7, 11) is 0. The van der Waals surface area contributed by atoms with Gasteiger partial charge < -0.3 is 5.73 Å². The lowest BCUT2D eigenvalue weighted by Gasteiger charge is -2.10. The normalized spacial score (nSPS) is 10.4. The minimum absolute atomic E-state index is 0.0689. The van der Waals surface area contributed by atoms with Gasteiger partial charge in [-0.2, -0.15) is 0 Å². The van der Waals surface area contributed by atoms with Crippen LogP contribution in [0.4, 0.5) is 0 Å². The molecule has 1 heterocycles. The number of nitrogens with two attached hydrogens (primary N) is 1. The van der Waals surface area contributed by atoms with E-state index in [4.69, 9.17) is 5.73 Å². The molecule has 4 heteroatoms. The van der Waals surface area contributed by atoms with Gasteiger partial charge in [-0.05, 0) is 45.4 Å². The zero-order valence-corrected chi connectivity index (χ0v) is 10.1. The van der Waals surface area contributed by atoms with Gasteiger partial charge >= 0.3 is 0 Å². The van der Waals surface area contributed by atoms with Gasteiger partial charge in [-0.15, -0.1) is 0 Å². The molecule has 0 fully saturated rings. The molecule has 1 rings (SSSR count). The first kappa shape index (κ1) is 12.8. The van der Waals surface area contributed by atoms with Gasteiger partial charge in [-0.25, -0.2) is 0 Å². The Bertz CT molecular complexity index is 325. The van der Waals surface area contributed by atoms with Crippen LogP contribution < -0.4 is 11.2 Å². The molecule has 0 aliphatic heterocycles. The number of rotatable bonds is 6. The number of nitrogens with zero attached hydrogens (tertiary/aromatic N) is 1. The van der Waals surface area contributed by atoms with Crippen molar-refractivity contribution in [3.63, 3.8) is 0 Å². The van der Waals surface area contributed by atoms with Crippen LogP contribution in [0.15, 0.2) is 12.1 Å². The number of aromatic nitrogens is 1. The summed E-state index contributed by atoms with van der Waals surface area (Å²) in [5, 5.41) is 0. The number of carbonyl (C=O) groups is 1. The fourth-order valence-electron chi connectivity index (χ4n) is 1.63. The second-order valence-electron chi connectivity index (χ2n) is 4.09. The predicted octanol–water partition coefficient (Wildman–Crippen LogP) is 1.69. The summed E-state index contributed by atoms with van der Waals surface area (Å²) in [6.45, 7) is 4.65. The summed E-state index contributed by atoms with van der Waals surface area (Å²) < 4.78 is 1.82. The fourth-order valence-corrected chi connectivity index (χ4v) is 1.63. The Morgan fingerprint density at radius 1 is 1.25 bits per heavy atom. The molecule has 0 atom stereocenters. The highest BCUT2D eigenvalue weighted by Gasteiger charge is 2.05. The first-order chi connectivity index (χ1) is 7.65. The maximum Gasteiger partial charge on any atom is 0.238 e. The van der Waals surface area contributed by atoms with Crippen LogP contribution in [0, 0.1) is 13.8 Å². The summed E-state index contributed by atoms with van der Waals surface area (Å²) in [5.74, 6) is 0.0689. The van der Waals surface area contributed by atoms with E-state index in [-0.39, 0.29) is 5.91 Å². The average molecular weight is 223 g/mol. The Hall–Kier alpha value is -1.29. The first-order valence-corrected chi connectivity index (χ1v) is 5.80. The summed E-state index contributed by atoms with van der Waals surface area (Å²) in [6.07, 6.45) is 3.49. The standard InChI is InChI=1S/C12H21N3O/c1-10-7-8-11(2)15(10)14-12(16)6-4-3-5-9-13/h7-8H,3-6,9,13H2,1-2H3,(H,14,16). The summed E-state index contributed by atoms with van der Waals surface area (Å²) in [4.78, 5) is 11.6. The predicted molar refractivity (Wildman–Crippen MR) is 65.8 cm³/mol. The zero-order valence-electron chi connectivity index (χ0n) is 10.1. The van der Waals surface area contributed by atoms with Gasteiger partial charge in [0.25, 0.3) is 0 Å². The lowest BCUT2D eigenvalue weighted by molar-refractivity contribution is -0.117. The van der Waals surface area contributed by atoms with E-state index in [1.165, 1.54) is 0 Å². The van der Waals surface area contributed by atoms with Crippen molar-refractivity contribution in [1.29, 1.82) is 0 Å². The SMILES string of the molecule is Cc1ccc(C)n1NC(=O)CCCCCN. The Balaban J connectivity index is 2.34. The molecular weight excluding hydrogens is 202 g/mol. The van der Waals surface area contributed by atoms with Gasteiger partial charge in [0.15, 0.2) is 0 Å². The van der Waals surface area contributed by atoms with Crippen LogP contribution in [-0.2, 0) is 4.79 Å². The van der Waals surface area contributed by atoms with Gasteiger partial charge in [-0.1, -0.05) is 6.42 Å². The van der Waals surface area contributed by atoms with Crippen molar-refractivity contribution in [2.24, 2.45) is 5.73 Å². The number of hydrogen-bond donors (Lipinski definition) is 2. The highest BCUT2D eigenvalue weighted by molar-refractivity contribution is 5.83. The minimum atomic E-state index is 0.0689. The topological polar surface area (TPSA) is 60.0 Å². The number of aryl methyl sites for hydroxylation is 2. The smallest absolute Gasteiger partial charge is 0.238 e. The molecule has 0 aliphatic carbocycles. The lowest BCUT2D eigenvalue weighted by Crippen LogP contribution is -2.24. The average Bonchev–Trinajstić information content (AvgIpc) is 2.56. The molecule has 1 aromatic heterocycles. The highest BCUT2D eigenvalue weighted by Crippen LogP contribution is 2.05. The van der Waals surface area contributed by atoms with Crippen LogP contribution in [0.3, 0.4) is 0 Å². The number of unbranched alkanes of at least 4 members (excludes halogenated alkanes) is 2. The van der Waals surface area contributed by atoms with Crippen molar-refractivity contribution in [3.05, 3.63) is 23.5 Å². The third-order valence-electron chi connectivity index (χ3n) is 2.62. The third-order valence-corrected chi connectivity index (χ3v) is 2.62. The molecule has 1 amide bonds. The molecule has 0 bridgehead atoms. The molecule has 0 radical (unpaired) electrons. The molecule has 4 nitrogen and oxygen atoms in total. The molecule has 0 unspecified atom stereocenters. The van der Waals surface area contributed by atoms with Gasteiger partial charge in [-0.3, -0.25) is 14.9 Å². The summed E-state index contributed by atoms with van der Waals surface area (Å²) in [5.41, 5.74) is 10.4. The van der Waals surface area contributed by atoms with E-state index < -0.39 is 0 Å². The van der Waals surface area contributed by atoms with Crippen molar-refractivity contribution in [2.45, 2.75) is 39.5 Å². The molecule has 0 saturated heterocycles. The van der Waals surface area contributed by atoms with E-state index in [2.05, 4.69) is 5.43 Å². The maximum absolute atomic E-state index is 11.6. The molecule has 0 saturated carbocycles. The third kappa shape index (κ3) is 3.70. The van der Waals surface area contributed by atoms with Gasteiger partial charge in [0.2, 0.25) is 5.91 Å². The van der Waals surface area contributed by atoms with Crippen LogP contribution in [0.25, 0.3) is 0 Å². The van der Waals surface area contributed by atoms with Crippen LogP contribution in [0.2, 0.25) is 0 Å². The van der Waals surface area contributed by atoms with Crippen molar-refractivity contribution in [1.82, 2.24) is 4.68 Å². The Morgan fingerprint density at radius 3 is 2.44 bits per heavy atom. The second-order valence-corrected chi connectivity index (χ2v) is 4.09. The highest BCUT2D eigenvalue weighted by atomic mass is 16.2. The molecule has 3 N–H and O–H groups in total. The zero-order chi connectivity index (χ0) is 12.0. The molecule has 0 aliphatic rings. The molecule has 90 valence electrons. The summed E-state index contributed by atoms with van der Waals surface area (Å²) in [6, 6.07) is 3.98. The Labute approximate surface area is 96.8 Å². The molecule has 1 aromatic rings. The van der Waals surface area contributed by atoms with Crippen molar-refractivity contribution in [2.75, 3.05) is 12.0 Å². The van der Waals surface area contributed by atoms with E-state index >= 15 is 0 Å². The van der Waals surface area contributed by atoms with E-state index in [0.717, 1.165) is 30.7 Å². The fraction of sp³-hybridized carbons (Fsp3) is 0.583. The molecule has 16 heavy (non-hydrogen) atoms. The van der Waals surface area contributed by atoms with E-state index in [0.29, 0.717) is 13.0 Å². The number of carbonyl (C=O) groups excluding carboxylic acids is 1. The van der Waals surface area contributed by atoms with Crippen molar-refractivity contribution >= 4 is 5.91 Å². The second kappa shape index (κ2) is 6.33. The van der Waals surface area contributed by atoms with Crippen LogP contribution in [-0.4, -0.2) is 17.1 Å². The quantitative estimate of drug-likeness (QED) is 0.721. The Kier molecular flexibility index (Phi) is 5.05. The van der Waals surface area contributed by atoms with Gasteiger partial charge in [0, 0.05) is 17.8 Å². The summed E-state index contributed by atoms with van der Waals surface area (Å²) >= 11 is 0. The monoisotopic (exact) mass is 223 g/mol. The van der Waals surface area contributed by atoms with Gasteiger partial charge in [0.1, 0.15) is 0 Å². The van der Waals surface area contributed by atoms with E-state index in [1.54, 1.807) is 0 Å². The maximum atomic E-state index is 11.6. The molecule has 0 spiro atoms. The van der Waals surface area contributed by atoms with Crippen LogP contribution >= 0.6 is 0 Å². The first-order valence-electron chi connectivity index (χ1n) is 5.80. The van der Waals surface area contributed by atoms with E-state index in [9.17, 15) is 4.79 Å². The van der Waals surface area contributed by atoms with Crippen LogP contribution in [0.5, 0.6) is 0 Å². The number of nitrogens with one attached hydrogen (secondary N) is 1. The van der Waals surface area contributed by atoms with E-state index in [1.807, 2.05) is 30.7 Å². The number of hydrogen-bond acceptors (Lipinski definition) is 2. The Morgan fingerprint density at radius 2 is 1.88 bits per heavy atom. The number of amides is 1. The van der Waals surface area contributed by atoms with Crippen molar-refractivity contribution < 1.29 is 4.79 Å². The molecular formula is C12H21N3O. The molecule has 0 aromatic carbocycles. The lowest BCUT2D eigenvalue weighted by atomic mass is 10.2. The largest absolute Gasteiger partial charge is 0.330 e. The van der Waals surface area contributed by atoms with Crippen LogP contribution in [0.1, 0.15) is 37.1 Å². The van der Waals surface area contributed by atoms with Crippen molar-refractivity contribution in [3.8, 4) is 0 Å². The van der Waals surface area contributed by atoms with Gasteiger partial charge in [0.05, 0.1) is 0 Å². The minimum Gasteiger partial charge on any atom is -0.330 e.